The number of fused-ring (bicyclic) bond motifs is 9. The lowest BCUT2D eigenvalue weighted by Crippen LogP contribution is -2.36. The van der Waals surface area contributed by atoms with Crippen LogP contribution in [0.3, 0.4) is 0 Å². The molecule has 0 atom stereocenters. The van der Waals surface area contributed by atoms with Crippen molar-refractivity contribution in [1.82, 2.24) is 0 Å². The van der Waals surface area contributed by atoms with Crippen LogP contribution in [-0.4, -0.2) is 10.2 Å². The molecule has 0 radical (unpaired) electrons. The minimum Gasteiger partial charge on any atom is -0.508 e. The maximum absolute atomic E-state index is 11.9. The van der Waals surface area contributed by atoms with Gasteiger partial charge in [0, 0.05) is 11.1 Å². The highest BCUT2D eigenvalue weighted by Gasteiger charge is 2.46. The summed E-state index contributed by atoms with van der Waals surface area (Å²) in [4.78, 5) is 0. The molecule has 43 heavy (non-hydrogen) atoms. The fourth-order valence-electron chi connectivity index (χ4n) is 7.79. The quantitative estimate of drug-likeness (QED) is 0.213. The molecule has 0 spiro atoms. The van der Waals surface area contributed by atoms with Crippen molar-refractivity contribution in [2.75, 3.05) is 0 Å². The smallest absolute Gasteiger partial charge is 0.120 e. The monoisotopic (exact) mass is 550 g/mol. The highest BCUT2D eigenvalue weighted by atomic mass is 16.3. The predicted molar refractivity (Wildman–Crippen MR) is 178 cm³/mol. The Balaban J connectivity index is 1.62. The molecule has 7 aromatic carbocycles. The van der Waals surface area contributed by atoms with E-state index >= 15 is 0 Å². The lowest BCUT2D eigenvalue weighted by molar-refractivity contribution is 0.454. The summed E-state index contributed by atoms with van der Waals surface area (Å²) in [7, 11) is 0. The number of aromatic hydroxyl groups is 2. The van der Waals surface area contributed by atoms with Gasteiger partial charge >= 0.3 is 0 Å². The van der Waals surface area contributed by atoms with Crippen LogP contribution >= 0.6 is 0 Å². The Morgan fingerprint density at radius 3 is 1.56 bits per heavy atom. The van der Waals surface area contributed by atoms with Crippen LogP contribution in [0.4, 0.5) is 0 Å². The molecule has 0 fully saturated rings. The highest BCUT2D eigenvalue weighted by molar-refractivity contribution is 6.13. The molecule has 202 valence electrons. The highest BCUT2D eigenvalue weighted by Crippen LogP contribution is 2.56. The van der Waals surface area contributed by atoms with Crippen LogP contribution in [0.1, 0.15) is 11.1 Å². The molecule has 0 aliphatic heterocycles. The van der Waals surface area contributed by atoms with Crippen molar-refractivity contribution in [1.29, 1.82) is 0 Å². The Labute approximate surface area is 248 Å². The summed E-state index contributed by atoms with van der Waals surface area (Å²) in [6.07, 6.45) is 8.74. The average Bonchev–Trinajstić information content (AvgIpc) is 3.46. The first kappa shape index (κ1) is 24.0. The van der Waals surface area contributed by atoms with Gasteiger partial charge in [-0.15, -0.1) is 0 Å². The maximum Gasteiger partial charge on any atom is 0.120 e. The Bertz CT molecular complexity index is 2450. The Morgan fingerprint density at radius 2 is 0.953 bits per heavy atom. The number of allylic oxidation sites excluding steroid dienone is 4. The van der Waals surface area contributed by atoms with Gasteiger partial charge in [0.2, 0.25) is 0 Å². The fourth-order valence-corrected chi connectivity index (χ4v) is 7.79. The second-order valence-electron chi connectivity index (χ2n) is 11.5. The lowest BCUT2D eigenvalue weighted by atomic mass is 9.62. The third-order valence-corrected chi connectivity index (χ3v) is 9.43. The van der Waals surface area contributed by atoms with Gasteiger partial charge in [-0.3, -0.25) is 0 Å². The predicted octanol–water partition coefficient (Wildman–Crippen LogP) is 8.14. The fraction of sp³-hybridized carbons (Fsp3) is 0.0244. The van der Waals surface area contributed by atoms with Crippen LogP contribution in [0.5, 0.6) is 11.5 Å². The summed E-state index contributed by atoms with van der Waals surface area (Å²) in [5, 5.41) is 34.9. The molecule has 2 nitrogen and oxygen atoms in total. The molecular formula is C41H26O2. The minimum atomic E-state index is -1.01. The first-order valence-electron chi connectivity index (χ1n) is 14.6. The topological polar surface area (TPSA) is 40.5 Å². The Hall–Kier alpha value is -5.60. The SMILES string of the molecule is Oc1ccc2ccccc2c1C1(c2c(O)ccc3ccccc23)C=CC=C2C=c3c(c4ccccc4c4ccccc34)=C21. The summed E-state index contributed by atoms with van der Waals surface area (Å²) in [6.45, 7) is 0. The number of phenolic OH excluding ortho intramolecular Hbond substituents is 2. The van der Waals surface area contributed by atoms with Gasteiger partial charge in [-0.1, -0.05) is 127 Å². The van der Waals surface area contributed by atoms with Gasteiger partial charge < -0.3 is 10.2 Å². The molecule has 0 unspecified atom stereocenters. The van der Waals surface area contributed by atoms with E-state index in [1.165, 1.54) is 21.4 Å². The molecule has 0 bridgehead atoms. The molecule has 2 aliphatic carbocycles. The molecule has 2 N–H and O–H groups in total. The molecule has 0 heterocycles. The largest absolute Gasteiger partial charge is 0.508 e. The summed E-state index contributed by atoms with van der Waals surface area (Å²) in [5.41, 5.74) is 2.69. The van der Waals surface area contributed by atoms with Gasteiger partial charge in [0.15, 0.2) is 0 Å². The van der Waals surface area contributed by atoms with Crippen LogP contribution in [0, 0.1) is 0 Å². The third kappa shape index (κ3) is 3.13. The van der Waals surface area contributed by atoms with Crippen LogP contribution in [-0.2, 0) is 5.41 Å². The molecule has 0 saturated carbocycles. The molecular weight excluding hydrogens is 524 g/mol. The molecule has 9 rings (SSSR count). The van der Waals surface area contributed by atoms with Crippen molar-refractivity contribution in [3.63, 3.8) is 0 Å². The molecule has 0 amide bonds. The number of rotatable bonds is 2. The van der Waals surface area contributed by atoms with E-state index in [0.717, 1.165) is 54.4 Å². The van der Waals surface area contributed by atoms with Crippen molar-refractivity contribution in [2.24, 2.45) is 0 Å². The first-order valence-corrected chi connectivity index (χ1v) is 14.6. The van der Waals surface area contributed by atoms with E-state index in [0.29, 0.717) is 0 Å². The van der Waals surface area contributed by atoms with E-state index in [4.69, 9.17) is 0 Å². The van der Waals surface area contributed by atoms with Crippen molar-refractivity contribution < 1.29 is 10.2 Å². The van der Waals surface area contributed by atoms with Crippen molar-refractivity contribution in [2.45, 2.75) is 5.41 Å². The van der Waals surface area contributed by atoms with Gasteiger partial charge in [0.1, 0.15) is 11.5 Å². The van der Waals surface area contributed by atoms with Crippen molar-refractivity contribution in [3.8, 4) is 11.5 Å². The van der Waals surface area contributed by atoms with E-state index in [2.05, 4.69) is 97.1 Å². The normalized spacial score (nSPS) is 15.1. The lowest BCUT2D eigenvalue weighted by Gasteiger charge is -2.39. The van der Waals surface area contributed by atoms with Crippen LogP contribution < -0.4 is 10.4 Å². The zero-order chi connectivity index (χ0) is 28.7. The van der Waals surface area contributed by atoms with Gasteiger partial charge in [-0.2, -0.15) is 0 Å². The Morgan fingerprint density at radius 1 is 0.465 bits per heavy atom. The second-order valence-corrected chi connectivity index (χ2v) is 11.5. The number of hydrogen-bond acceptors (Lipinski definition) is 2. The zero-order valence-electron chi connectivity index (χ0n) is 23.3. The van der Waals surface area contributed by atoms with Gasteiger partial charge in [-0.05, 0) is 82.9 Å². The van der Waals surface area contributed by atoms with Crippen molar-refractivity contribution in [3.05, 3.63) is 167 Å². The molecule has 0 saturated heterocycles. The van der Waals surface area contributed by atoms with Crippen LogP contribution in [0.25, 0.3) is 54.7 Å². The van der Waals surface area contributed by atoms with Gasteiger partial charge in [0.05, 0.1) is 5.41 Å². The molecule has 2 aliphatic rings. The molecule has 7 aromatic rings. The number of hydrogen-bond donors (Lipinski definition) is 2. The summed E-state index contributed by atoms with van der Waals surface area (Å²) < 4.78 is 0. The average molecular weight is 551 g/mol. The van der Waals surface area contributed by atoms with Crippen LogP contribution in [0.15, 0.2) is 145 Å². The maximum atomic E-state index is 11.9. The Kier molecular flexibility index (Phi) is 4.87. The second kappa shape index (κ2) is 8.70. The third-order valence-electron chi connectivity index (χ3n) is 9.43. The van der Waals surface area contributed by atoms with E-state index < -0.39 is 5.41 Å². The summed E-state index contributed by atoms with van der Waals surface area (Å²) >= 11 is 0. The van der Waals surface area contributed by atoms with Gasteiger partial charge in [0.25, 0.3) is 0 Å². The van der Waals surface area contributed by atoms with E-state index in [1.54, 1.807) is 12.1 Å². The summed E-state index contributed by atoms with van der Waals surface area (Å²) in [6, 6.07) is 41.2. The minimum absolute atomic E-state index is 0.197. The van der Waals surface area contributed by atoms with E-state index in [1.807, 2.05) is 36.4 Å². The van der Waals surface area contributed by atoms with Crippen molar-refractivity contribution >= 4 is 54.7 Å². The summed E-state index contributed by atoms with van der Waals surface area (Å²) in [5.74, 6) is 0.394. The molecule has 2 heteroatoms. The standard InChI is InChI=1S/C41H26O2/c42-35-21-19-25-10-1-3-13-28(25)39(35)41(40-29-14-4-2-11-26(29)20-22-36(40)43)23-9-12-27-24-34-32-17-6-5-15-30(32)31-16-7-8-18-33(31)37(34)38(27)41/h1-24,42-43H. The molecule has 0 aromatic heterocycles. The van der Waals surface area contributed by atoms with E-state index in [9.17, 15) is 10.2 Å². The van der Waals surface area contributed by atoms with Crippen LogP contribution in [0.2, 0.25) is 0 Å². The number of benzene rings is 7. The van der Waals surface area contributed by atoms with E-state index in [-0.39, 0.29) is 11.5 Å². The first-order chi connectivity index (χ1) is 21.2. The van der Waals surface area contributed by atoms with Gasteiger partial charge in [-0.25, -0.2) is 0 Å². The number of phenols is 2. The zero-order valence-corrected chi connectivity index (χ0v) is 23.3.